The highest BCUT2D eigenvalue weighted by Gasteiger charge is 2.31. The third-order valence-electron chi connectivity index (χ3n) is 4.05. The number of Topliss-reactive ketones (excluding diaryl/α,β-unsaturated/α-hetero) is 1. The number of urea groups is 1. The van der Waals surface area contributed by atoms with Gasteiger partial charge in [0.25, 0.3) is 0 Å². The summed E-state index contributed by atoms with van der Waals surface area (Å²) in [6.45, 7) is 4.47. The molecule has 1 aromatic rings. The third-order valence-corrected chi connectivity index (χ3v) is 4.05. The summed E-state index contributed by atoms with van der Waals surface area (Å²) in [5.41, 5.74) is 1.10. The molecule has 0 aromatic heterocycles. The van der Waals surface area contributed by atoms with Crippen molar-refractivity contribution >= 4 is 23.5 Å². The van der Waals surface area contributed by atoms with Gasteiger partial charge in [-0.05, 0) is 24.5 Å². The summed E-state index contributed by atoms with van der Waals surface area (Å²) in [6.07, 6.45) is 0.987. The minimum Gasteiger partial charge on any atom is -0.481 e. The second-order valence-corrected chi connectivity index (χ2v) is 6.07. The molecule has 2 unspecified atom stereocenters. The van der Waals surface area contributed by atoms with Crippen LogP contribution in [0.25, 0.3) is 0 Å². The number of likely N-dealkylation sites (tertiary alicyclic amines) is 1. The number of ketones is 1. The molecule has 6 heteroatoms. The summed E-state index contributed by atoms with van der Waals surface area (Å²) in [4.78, 5) is 36.8. The van der Waals surface area contributed by atoms with Crippen molar-refractivity contribution in [1.82, 2.24) is 4.90 Å². The first-order valence-corrected chi connectivity index (χ1v) is 7.82. The highest BCUT2D eigenvalue weighted by Crippen LogP contribution is 2.23. The van der Waals surface area contributed by atoms with Gasteiger partial charge in [0.1, 0.15) is 0 Å². The molecule has 1 fully saturated rings. The summed E-state index contributed by atoms with van der Waals surface area (Å²) >= 11 is 0. The molecule has 0 saturated carbocycles. The van der Waals surface area contributed by atoms with Crippen molar-refractivity contribution in [2.75, 3.05) is 18.4 Å². The molecule has 0 spiro atoms. The lowest BCUT2D eigenvalue weighted by molar-refractivity contribution is -0.143. The van der Waals surface area contributed by atoms with Crippen LogP contribution >= 0.6 is 0 Å². The lowest BCUT2D eigenvalue weighted by Crippen LogP contribution is -2.47. The average molecular weight is 318 g/mol. The van der Waals surface area contributed by atoms with Crippen LogP contribution in [-0.2, 0) is 4.79 Å². The van der Waals surface area contributed by atoms with E-state index in [0.29, 0.717) is 30.6 Å². The highest BCUT2D eigenvalue weighted by molar-refractivity contribution is 5.98. The third kappa shape index (κ3) is 4.31. The molecule has 1 aliphatic rings. The van der Waals surface area contributed by atoms with Gasteiger partial charge in [0.05, 0.1) is 5.92 Å². The van der Waals surface area contributed by atoms with Gasteiger partial charge in [0.15, 0.2) is 5.78 Å². The molecular weight excluding hydrogens is 296 g/mol. The summed E-state index contributed by atoms with van der Waals surface area (Å²) in [7, 11) is 0. The van der Waals surface area contributed by atoms with Gasteiger partial charge in [-0.2, -0.15) is 0 Å². The van der Waals surface area contributed by atoms with Crippen LogP contribution in [0.3, 0.4) is 0 Å². The molecule has 2 atom stereocenters. The van der Waals surface area contributed by atoms with Crippen LogP contribution in [0.1, 0.15) is 37.0 Å². The first-order chi connectivity index (χ1) is 10.9. The number of hydrogen-bond acceptors (Lipinski definition) is 3. The van der Waals surface area contributed by atoms with Crippen molar-refractivity contribution < 1.29 is 19.5 Å². The molecular formula is C17H22N2O4. The van der Waals surface area contributed by atoms with Gasteiger partial charge in [-0.25, -0.2) is 4.79 Å². The molecule has 2 rings (SSSR count). The maximum absolute atomic E-state index is 12.4. The molecule has 0 bridgehead atoms. The second-order valence-electron chi connectivity index (χ2n) is 6.07. The van der Waals surface area contributed by atoms with Crippen molar-refractivity contribution in [3.63, 3.8) is 0 Å². The second kappa shape index (κ2) is 7.26. The number of carbonyl (C=O) groups is 3. The van der Waals surface area contributed by atoms with Gasteiger partial charge in [-0.3, -0.25) is 9.59 Å². The van der Waals surface area contributed by atoms with E-state index in [-0.39, 0.29) is 24.3 Å². The number of amides is 2. The summed E-state index contributed by atoms with van der Waals surface area (Å²) < 4.78 is 0. The first kappa shape index (κ1) is 17.0. The van der Waals surface area contributed by atoms with Crippen molar-refractivity contribution in [2.45, 2.75) is 26.7 Å². The number of carbonyl (C=O) groups excluding carboxylic acids is 2. The zero-order valence-electron chi connectivity index (χ0n) is 13.4. The number of aliphatic carboxylic acids is 1. The highest BCUT2D eigenvalue weighted by atomic mass is 16.4. The van der Waals surface area contributed by atoms with Crippen LogP contribution in [0, 0.1) is 11.8 Å². The number of carboxylic acid groups (broad SMARTS) is 1. The van der Waals surface area contributed by atoms with Crippen molar-refractivity contribution in [2.24, 2.45) is 11.8 Å². The number of rotatable bonds is 4. The quantitative estimate of drug-likeness (QED) is 0.836. The lowest BCUT2D eigenvalue weighted by atomic mass is 9.91. The van der Waals surface area contributed by atoms with E-state index in [9.17, 15) is 19.5 Å². The van der Waals surface area contributed by atoms with Gasteiger partial charge in [0, 0.05) is 30.8 Å². The Hall–Kier alpha value is -2.37. The predicted octanol–water partition coefficient (Wildman–Crippen LogP) is 2.85. The number of hydrogen-bond donors (Lipinski definition) is 2. The first-order valence-electron chi connectivity index (χ1n) is 7.82. The zero-order chi connectivity index (χ0) is 17.0. The molecule has 2 amide bonds. The van der Waals surface area contributed by atoms with E-state index in [0.717, 1.165) is 0 Å². The predicted molar refractivity (Wildman–Crippen MR) is 86.6 cm³/mol. The van der Waals surface area contributed by atoms with E-state index < -0.39 is 11.9 Å². The molecule has 1 aromatic carbocycles. The lowest BCUT2D eigenvalue weighted by Gasteiger charge is -2.34. The Balaban J connectivity index is 2.06. The Morgan fingerprint density at radius 3 is 2.70 bits per heavy atom. The van der Waals surface area contributed by atoms with Crippen LogP contribution in [0.2, 0.25) is 0 Å². The topological polar surface area (TPSA) is 86.7 Å². The Kier molecular flexibility index (Phi) is 5.36. The fourth-order valence-electron chi connectivity index (χ4n) is 2.87. The normalized spacial score (nSPS) is 20.9. The fraction of sp³-hybridized carbons (Fsp3) is 0.471. The zero-order valence-corrected chi connectivity index (χ0v) is 13.4. The standard InChI is InChI=1S/C17H22N2O4/c1-3-15(20)12-5-4-6-14(8-12)18-17(23)19-9-11(2)7-13(10-19)16(21)22/h4-6,8,11,13H,3,7,9-10H2,1-2H3,(H,18,23)(H,21,22). The molecule has 23 heavy (non-hydrogen) atoms. The number of nitrogens with zero attached hydrogens (tertiary/aromatic N) is 1. The Bertz CT molecular complexity index is 614. The summed E-state index contributed by atoms with van der Waals surface area (Å²) in [6, 6.07) is 6.46. The van der Waals surface area contributed by atoms with Crippen LogP contribution < -0.4 is 5.32 Å². The monoisotopic (exact) mass is 318 g/mol. The van der Waals surface area contributed by atoms with Crippen molar-refractivity contribution in [3.05, 3.63) is 29.8 Å². The minimum atomic E-state index is -0.870. The Labute approximate surface area is 135 Å². The largest absolute Gasteiger partial charge is 0.481 e. The maximum Gasteiger partial charge on any atom is 0.321 e. The maximum atomic E-state index is 12.4. The molecule has 124 valence electrons. The van der Waals surface area contributed by atoms with E-state index in [1.54, 1.807) is 31.2 Å². The SMILES string of the molecule is CCC(=O)c1cccc(NC(=O)N2CC(C)CC(C(=O)O)C2)c1. The van der Waals surface area contributed by atoms with Gasteiger partial charge in [-0.15, -0.1) is 0 Å². The van der Waals surface area contributed by atoms with E-state index in [1.807, 2.05) is 6.92 Å². The number of piperidine rings is 1. The molecule has 1 saturated heterocycles. The van der Waals surface area contributed by atoms with Gasteiger partial charge in [-0.1, -0.05) is 26.0 Å². The number of carboxylic acids is 1. The van der Waals surface area contributed by atoms with E-state index in [2.05, 4.69) is 5.32 Å². The van der Waals surface area contributed by atoms with E-state index in [1.165, 1.54) is 4.90 Å². The van der Waals surface area contributed by atoms with Crippen LogP contribution in [0.15, 0.2) is 24.3 Å². The summed E-state index contributed by atoms with van der Waals surface area (Å²) in [5.74, 6) is -1.25. The molecule has 0 radical (unpaired) electrons. The van der Waals surface area contributed by atoms with Crippen molar-refractivity contribution in [3.8, 4) is 0 Å². The Morgan fingerprint density at radius 2 is 2.04 bits per heavy atom. The Morgan fingerprint density at radius 1 is 1.30 bits per heavy atom. The van der Waals surface area contributed by atoms with Gasteiger partial charge >= 0.3 is 12.0 Å². The average Bonchev–Trinajstić information content (AvgIpc) is 2.53. The van der Waals surface area contributed by atoms with E-state index in [4.69, 9.17) is 0 Å². The number of nitrogens with one attached hydrogen (secondary N) is 1. The van der Waals surface area contributed by atoms with Gasteiger partial charge < -0.3 is 15.3 Å². The molecule has 6 nitrogen and oxygen atoms in total. The van der Waals surface area contributed by atoms with E-state index >= 15 is 0 Å². The van der Waals surface area contributed by atoms with Crippen LogP contribution in [0.4, 0.5) is 10.5 Å². The molecule has 2 N–H and O–H groups in total. The van der Waals surface area contributed by atoms with Crippen molar-refractivity contribution in [1.29, 1.82) is 0 Å². The summed E-state index contributed by atoms with van der Waals surface area (Å²) in [5, 5.41) is 11.9. The fourth-order valence-corrected chi connectivity index (χ4v) is 2.87. The van der Waals surface area contributed by atoms with Crippen LogP contribution in [0.5, 0.6) is 0 Å². The number of benzene rings is 1. The molecule has 1 heterocycles. The molecule has 1 aliphatic heterocycles. The molecule has 0 aliphatic carbocycles. The van der Waals surface area contributed by atoms with Crippen LogP contribution in [-0.4, -0.2) is 40.9 Å². The number of anilines is 1. The minimum absolute atomic E-state index is 0.0126. The van der Waals surface area contributed by atoms with Gasteiger partial charge in [0.2, 0.25) is 0 Å². The smallest absolute Gasteiger partial charge is 0.321 e.